The van der Waals surface area contributed by atoms with Gasteiger partial charge in [-0.3, -0.25) is 4.79 Å². The number of rotatable bonds is 10. The fourth-order valence-electron chi connectivity index (χ4n) is 1.25. The van der Waals surface area contributed by atoms with Crippen molar-refractivity contribution < 1.29 is 19.4 Å². The monoisotopic (exact) mass is 233 g/mol. The van der Waals surface area contributed by atoms with Gasteiger partial charge >= 0.3 is 5.97 Å². The first-order valence-electron chi connectivity index (χ1n) is 5.72. The molecule has 1 unspecified atom stereocenters. The molecule has 0 aromatic rings. The van der Waals surface area contributed by atoms with Crippen LogP contribution < -0.4 is 5.32 Å². The van der Waals surface area contributed by atoms with E-state index >= 15 is 0 Å². The summed E-state index contributed by atoms with van der Waals surface area (Å²) in [6.45, 7) is 7.96. The van der Waals surface area contributed by atoms with Gasteiger partial charge in [0.1, 0.15) is 6.04 Å². The standard InChI is InChI=1S/C11H23NO4/c1-4-15-7-8-16-6-5-10(11(13)14)12-9(2)3/h9-10,12H,4-8H2,1-3H3,(H,13,14). The van der Waals surface area contributed by atoms with E-state index in [9.17, 15) is 4.79 Å². The van der Waals surface area contributed by atoms with E-state index in [1.165, 1.54) is 0 Å². The van der Waals surface area contributed by atoms with Gasteiger partial charge in [-0.05, 0) is 13.3 Å². The average molecular weight is 233 g/mol. The number of aliphatic carboxylic acids is 1. The summed E-state index contributed by atoms with van der Waals surface area (Å²) in [6, 6.07) is -0.378. The third-order valence-corrected chi connectivity index (χ3v) is 1.96. The largest absolute Gasteiger partial charge is 0.480 e. The highest BCUT2D eigenvalue weighted by atomic mass is 16.5. The Morgan fingerprint density at radius 2 is 1.88 bits per heavy atom. The molecule has 5 heteroatoms. The Bertz CT molecular complexity index is 185. The van der Waals surface area contributed by atoms with Crippen molar-refractivity contribution in [1.29, 1.82) is 0 Å². The molecular formula is C11H23NO4. The molecule has 0 aliphatic heterocycles. The Balaban J connectivity index is 3.57. The molecule has 0 bridgehead atoms. The van der Waals surface area contributed by atoms with E-state index in [1.807, 2.05) is 20.8 Å². The summed E-state index contributed by atoms with van der Waals surface area (Å²) in [5, 5.41) is 11.9. The first kappa shape index (κ1) is 15.3. The highest BCUT2D eigenvalue weighted by Gasteiger charge is 2.17. The number of nitrogens with one attached hydrogen (secondary N) is 1. The average Bonchev–Trinajstić information content (AvgIpc) is 2.20. The molecule has 0 spiro atoms. The van der Waals surface area contributed by atoms with Crippen molar-refractivity contribution >= 4 is 5.97 Å². The zero-order valence-electron chi connectivity index (χ0n) is 10.4. The second kappa shape index (κ2) is 9.57. The maximum atomic E-state index is 10.9. The molecule has 0 aromatic heterocycles. The van der Waals surface area contributed by atoms with Crippen molar-refractivity contribution in [1.82, 2.24) is 5.32 Å². The van der Waals surface area contributed by atoms with E-state index in [2.05, 4.69) is 5.32 Å². The van der Waals surface area contributed by atoms with Crippen LogP contribution in [0.4, 0.5) is 0 Å². The lowest BCUT2D eigenvalue weighted by atomic mass is 10.2. The van der Waals surface area contributed by atoms with Crippen molar-refractivity contribution in [3.8, 4) is 0 Å². The molecule has 0 aliphatic carbocycles. The maximum Gasteiger partial charge on any atom is 0.320 e. The normalized spacial score (nSPS) is 13.0. The lowest BCUT2D eigenvalue weighted by molar-refractivity contribution is -0.140. The second-order valence-electron chi connectivity index (χ2n) is 3.81. The minimum atomic E-state index is -0.831. The summed E-state index contributed by atoms with van der Waals surface area (Å²) >= 11 is 0. The van der Waals surface area contributed by atoms with Gasteiger partial charge in [-0.1, -0.05) is 13.8 Å². The molecule has 5 nitrogen and oxygen atoms in total. The number of carbonyl (C=O) groups is 1. The number of carboxylic acid groups (broad SMARTS) is 1. The summed E-state index contributed by atoms with van der Waals surface area (Å²) in [7, 11) is 0. The van der Waals surface area contributed by atoms with E-state index in [4.69, 9.17) is 14.6 Å². The molecule has 0 radical (unpaired) electrons. The van der Waals surface area contributed by atoms with E-state index in [1.54, 1.807) is 0 Å². The number of carboxylic acids is 1. The van der Waals surface area contributed by atoms with Gasteiger partial charge in [0.05, 0.1) is 13.2 Å². The van der Waals surface area contributed by atoms with Gasteiger partial charge in [-0.2, -0.15) is 0 Å². The summed E-state index contributed by atoms with van der Waals surface area (Å²) in [4.78, 5) is 10.9. The molecule has 0 aromatic carbocycles. The first-order chi connectivity index (χ1) is 7.57. The maximum absolute atomic E-state index is 10.9. The highest BCUT2D eigenvalue weighted by Crippen LogP contribution is 1.96. The van der Waals surface area contributed by atoms with Crippen LogP contribution in [0.25, 0.3) is 0 Å². The van der Waals surface area contributed by atoms with E-state index < -0.39 is 12.0 Å². The molecule has 0 heterocycles. The molecule has 1 atom stereocenters. The van der Waals surface area contributed by atoms with Crippen molar-refractivity contribution in [2.75, 3.05) is 26.4 Å². The van der Waals surface area contributed by atoms with E-state index in [0.29, 0.717) is 32.8 Å². The molecule has 0 amide bonds. The predicted octanol–water partition coefficient (Wildman–Crippen LogP) is 0.881. The molecule has 96 valence electrons. The summed E-state index contributed by atoms with van der Waals surface area (Å²) in [6.07, 6.45) is 0.472. The van der Waals surface area contributed by atoms with Crippen LogP contribution in [-0.4, -0.2) is 49.6 Å². The fourth-order valence-corrected chi connectivity index (χ4v) is 1.25. The quantitative estimate of drug-likeness (QED) is 0.548. The molecule has 0 saturated carbocycles. The Kier molecular flexibility index (Phi) is 9.18. The Morgan fingerprint density at radius 3 is 2.38 bits per heavy atom. The first-order valence-corrected chi connectivity index (χ1v) is 5.72. The summed E-state index contributed by atoms with van der Waals surface area (Å²) < 4.78 is 10.4. The van der Waals surface area contributed by atoms with Gasteiger partial charge < -0.3 is 19.9 Å². The summed E-state index contributed by atoms with van der Waals surface area (Å²) in [5.41, 5.74) is 0. The molecule has 0 fully saturated rings. The summed E-state index contributed by atoms with van der Waals surface area (Å²) in [5.74, 6) is -0.831. The van der Waals surface area contributed by atoms with Gasteiger partial charge in [-0.25, -0.2) is 0 Å². The van der Waals surface area contributed by atoms with Gasteiger partial charge in [0.15, 0.2) is 0 Å². The second-order valence-corrected chi connectivity index (χ2v) is 3.81. The molecular weight excluding hydrogens is 210 g/mol. The van der Waals surface area contributed by atoms with Crippen molar-refractivity contribution in [3.63, 3.8) is 0 Å². The number of hydrogen-bond donors (Lipinski definition) is 2. The van der Waals surface area contributed by atoms with Crippen LogP contribution in [0.15, 0.2) is 0 Å². The number of hydrogen-bond acceptors (Lipinski definition) is 4. The SMILES string of the molecule is CCOCCOCCC(NC(C)C)C(=O)O. The van der Waals surface area contributed by atoms with Crippen LogP contribution in [-0.2, 0) is 14.3 Å². The highest BCUT2D eigenvalue weighted by molar-refractivity contribution is 5.73. The fraction of sp³-hybridized carbons (Fsp3) is 0.909. The smallest absolute Gasteiger partial charge is 0.320 e. The van der Waals surface area contributed by atoms with Crippen LogP contribution in [0.1, 0.15) is 27.2 Å². The Labute approximate surface area is 97.1 Å². The third kappa shape index (κ3) is 8.64. The van der Waals surface area contributed by atoms with E-state index in [-0.39, 0.29) is 6.04 Å². The third-order valence-electron chi connectivity index (χ3n) is 1.96. The van der Waals surface area contributed by atoms with Gasteiger partial charge in [0, 0.05) is 19.3 Å². The lowest BCUT2D eigenvalue weighted by Gasteiger charge is -2.17. The van der Waals surface area contributed by atoms with Gasteiger partial charge in [-0.15, -0.1) is 0 Å². The molecule has 0 aliphatic rings. The molecule has 16 heavy (non-hydrogen) atoms. The topological polar surface area (TPSA) is 67.8 Å². The van der Waals surface area contributed by atoms with Gasteiger partial charge in [0.25, 0.3) is 0 Å². The zero-order valence-corrected chi connectivity index (χ0v) is 10.4. The minimum absolute atomic E-state index is 0.157. The van der Waals surface area contributed by atoms with Crippen LogP contribution in [0.5, 0.6) is 0 Å². The van der Waals surface area contributed by atoms with Crippen LogP contribution in [0.2, 0.25) is 0 Å². The Morgan fingerprint density at radius 1 is 1.25 bits per heavy atom. The zero-order chi connectivity index (χ0) is 12.4. The van der Waals surface area contributed by atoms with Crippen molar-refractivity contribution in [2.24, 2.45) is 0 Å². The van der Waals surface area contributed by atoms with Crippen LogP contribution in [0, 0.1) is 0 Å². The van der Waals surface area contributed by atoms with Gasteiger partial charge in [0.2, 0.25) is 0 Å². The molecule has 2 N–H and O–H groups in total. The molecule has 0 rings (SSSR count). The van der Waals surface area contributed by atoms with Crippen LogP contribution >= 0.6 is 0 Å². The van der Waals surface area contributed by atoms with Crippen LogP contribution in [0.3, 0.4) is 0 Å². The minimum Gasteiger partial charge on any atom is -0.480 e. The predicted molar refractivity (Wildman–Crippen MR) is 61.6 cm³/mol. The van der Waals surface area contributed by atoms with E-state index in [0.717, 1.165) is 0 Å². The number of ether oxygens (including phenoxy) is 2. The van der Waals surface area contributed by atoms with Crippen molar-refractivity contribution in [2.45, 2.75) is 39.3 Å². The Hall–Kier alpha value is -0.650. The lowest BCUT2D eigenvalue weighted by Crippen LogP contribution is -2.41. The molecule has 0 saturated heterocycles. The van der Waals surface area contributed by atoms with Crippen molar-refractivity contribution in [3.05, 3.63) is 0 Å².